The third-order valence-corrected chi connectivity index (χ3v) is 4.65. The maximum Gasteiger partial charge on any atom is 0.323 e. The Morgan fingerprint density at radius 2 is 1.75 bits per heavy atom. The standard InChI is InChI=1S/C17H22IN5O/c1-2-24-17-22-15(19-13-6-4-3-5-7-13)21-16(23-17)20-14-10-8-12(18)9-11-14/h8-11,13H,2-7H2,1H3,(H2,19,20,21,22,23). The molecule has 0 atom stereocenters. The zero-order valence-corrected chi connectivity index (χ0v) is 15.9. The SMILES string of the molecule is CCOc1nc(Nc2ccc(I)cc2)nc(NC2CCCCC2)n1. The van der Waals surface area contributed by atoms with E-state index in [2.05, 4.69) is 48.2 Å². The first-order valence-corrected chi connectivity index (χ1v) is 9.49. The molecule has 1 saturated carbocycles. The van der Waals surface area contributed by atoms with Crippen LogP contribution in [-0.4, -0.2) is 27.6 Å². The van der Waals surface area contributed by atoms with Gasteiger partial charge in [-0.25, -0.2) is 0 Å². The van der Waals surface area contributed by atoms with Crippen molar-refractivity contribution < 1.29 is 4.74 Å². The van der Waals surface area contributed by atoms with Gasteiger partial charge in [0.05, 0.1) is 6.61 Å². The molecule has 0 unspecified atom stereocenters. The van der Waals surface area contributed by atoms with E-state index in [4.69, 9.17) is 4.74 Å². The molecule has 1 heterocycles. The molecule has 1 aromatic carbocycles. The molecule has 2 aromatic rings. The normalized spacial score (nSPS) is 15.1. The molecule has 0 spiro atoms. The van der Waals surface area contributed by atoms with Crippen LogP contribution in [0.5, 0.6) is 6.01 Å². The Bertz CT molecular complexity index is 659. The maximum absolute atomic E-state index is 5.49. The highest BCUT2D eigenvalue weighted by Gasteiger charge is 2.16. The first-order valence-electron chi connectivity index (χ1n) is 8.41. The van der Waals surface area contributed by atoms with Crippen LogP contribution in [0.1, 0.15) is 39.0 Å². The molecule has 0 saturated heterocycles. The summed E-state index contributed by atoms with van der Waals surface area (Å²) in [6, 6.07) is 8.85. The number of rotatable bonds is 6. The zero-order chi connectivity index (χ0) is 16.8. The van der Waals surface area contributed by atoms with Gasteiger partial charge in [-0.15, -0.1) is 0 Å². The lowest BCUT2D eigenvalue weighted by molar-refractivity contribution is 0.312. The lowest BCUT2D eigenvalue weighted by Crippen LogP contribution is -2.24. The van der Waals surface area contributed by atoms with Crippen molar-refractivity contribution in [1.82, 2.24) is 15.0 Å². The van der Waals surface area contributed by atoms with Crippen LogP contribution < -0.4 is 15.4 Å². The molecule has 0 aliphatic heterocycles. The first-order chi connectivity index (χ1) is 11.7. The molecule has 1 fully saturated rings. The Balaban J connectivity index is 1.77. The quantitative estimate of drug-likeness (QED) is 0.652. The van der Waals surface area contributed by atoms with Crippen LogP contribution in [0, 0.1) is 3.57 Å². The van der Waals surface area contributed by atoms with Crippen molar-refractivity contribution in [2.75, 3.05) is 17.2 Å². The number of anilines is 3. The van der Waals surface area contributed by atoms with Crippen LogP contribution in [0.15, 0.2) is 24.3 Å². The number of aromatic nitrogens is 3. The average molecular weight is 439 g/mol. The van der Waals surface area contributed by atoms with Crippen LogP contribution in [0.25, 0.3) is 0 Å². The van der Waals surface area contributed by atoms with Gasteiger partial charge in [-0.3, -0.25) is 0 Å². The molecular weight excluding hydrogens is 417 g/mol. The predicted octanol–water partition coefficient (Wildman–Crippen LogP) is 4.36. The van der Waals surface area contributed by atoms with Crippen molar-refractivity contribution in [1.29, 1.82) is 0 Å². The van der Waals surface area contributed by atoms with Gasteiger partial charge in [0.1, 0.15) is 0 Å². The molecule has 3 rings (SSSR count). The predicted molar refractivity (Wildman–Crippen MR) is 104 cm³/mol. The number of hydrogen-bond donors (Lipinski definition) is 2. The summed E-state index contributed by atoms with van der Waals surface area (Å²) in [4.78, 5) is 13.2. The summed E-state index contributed by atoms with van der Waals surface area (Å²) in [7, 11) is 0. The summed E-state index contributed by atoms with van der Waals surface area (Å²) in [6.45, 7) is 2.44. The molecule has 0 bridgehead atoms. The van der Waals surface area contributed by atoms with Gasteiger partial charge >= 0.3 is 6.01 Å². The molecule has 6 nitrogen and oxygen atoms in total. The number of benzene rings is 1. The summed E-state index contributed by atoms with van der Waals surface area (Å²) in [5.74, 6) is 1.07. The van der Waals surface area contributed by atoms with E-state index in [1.54, 1.807) is 0 Å². The average Bonchev–Trinajstić information content (AvgIpc) is 2.58. The van der Waals surface area contributed by atoms with Crippen molar-refractivity contribution in [3.63, 3.8) is 0 Å². The van der Waals surface area contributed by atoms with E-state index in [1.807, 2.05) is 31.2 Å². The number of nitrogens with one attached hydrogen (secondary N) is 2. The van der Waals surface area contributed by atoms with E-state index in [0.29, 0.717) is 30.6 Å². The van der Waals surface area contributed by atoms with Gasteiger partial charge in [0.15, 0.2) is 0 Å². The van der Waals surface area contributed by atoms with E-state index in [0.717, 1.165) is 18.5 Å². The summed E-state index contributed by atoms with van der Waals surface area (Å²) in [5.41, 5.74) is 0.938. The molecule has 24 heavy (non-hydrogen) atoms. The third kappa shape index (κ3) is 4.93. The molecule has 0 radical (unpaired) electrons. The summed E-state index contributed by atoms with van der Waals surface area (Å²) < 4.78 is 6.67. The minimum absolute atomic E-state index is 0.346. The molecule has 0 amide bonds. The Labute approximate surface area is 156 Å². The van der Waals surface area contributed by atoms with Crippen LogP contribution in [0.4, 0.5) is 17.6 Å². The molecular formula is C17H22IN5O. The Morgan fingerprint density at radius 1 is 1.04 bits per heavy atom. The number of hydrogen-bond acceptors (Lipinski definition) is 6. The second-order valence-corrected chi connectivity index (χ2v) is 7.06. The fourth-order valence-electron chi connectivity index (χ4n) is 2.76. The maximum atomic E-state index is 5.49. The minimum Gasteiger partial charge on any atom is -0.464 e. The summed E-state index contributed by atoms with van der Waals surface area (Å²) >= 11 is 2.28. The molecule has 1 aliphatic carbocycles. The molecule has 128 valence electrons. The fourth-order valence-corrected chi connectivity index (χ4v) is 3.12. The van der Waals surface area contributed by atoms with Crippen molar-refractivity contribution in [2.24, 2.45) is 0 Å². The van der Waals surface area contributed by atoms with Crippen LogP contribution >= 0.6 is 22.6 Å². The van der Waals surface area contributed by atoms with Crippen molar-refractivity contribution in [2.45, 2.75) is 45.1 Å². The Morgan fingerprint density at radius 3 is 2.46 bits per heavy atom. The van der Waals surface area contributed by atoms with Crippen LogP contribution in [0.2, 0.25) is 0 Å². The highest BCUT2D eigenvalue weighted by Crippen LogP contribution is 2.22. The largest absolute Gasteiger partial charge is 0.464 e. The van der Waals surface area contributed by atoms with E-state index >= 15 is 0 Å². The number of halogens is 1. The van der Waals surface area contributed by atoms with Gasteiger partial charge in [-0.2, -0.15) is 15.0 Å². The lowest BCUT2D eigenvalue weighted by Gasteiger charge is -2.22. The van der Waals surface area contributed by atoms with Crippen LogP contribution in [0.3, 0.4) is 0 Å². The van der Waals surface area contributed by atoms with E-state index in [9.17, 15) is 0 Å². The molecule has 7 heteroatoms. The van der Waals surface area contributed by atoms with Gasteiger partial charge in [0.25, 0.3) is 0 Å². The Hall–Kier alpha value is -1.64. The monoisotopic (exact) mass is 439 g/mol. The summed E-state index contributed by atoms with van der Waals surface area (Å²) in [5, 5.41) is 6.65. The third-order valence-electron chi connectivity index (χ3n) is 3.93. The van der Waals surface area contributed by atoms with Gasteiger partial charge in [-0.05, 0) is 66.6 Å². The van der Waals surface area contributed by atoms with Gasteiger partial charge in [0, 0.05) is 15.3 Å². The summed E-state index contributed by atoms with van der Waals surface area (Å²) in [6.07, 6.45) is 6.16. The van der Waals surface area contributed by atoms with Gasteiger partial charge in [0.2, 0.25) is 11.9 Å². The molecule has 2 N–H and O–H groups in total. The van der Waals surface area contributed by atoms with Gasteiger partial charge in [-0.1, -0.05) is 19.3 Å². The minimum atomic E-state index is 0.346. The topological polar surface area (TPSA) is 72.0 Å². The second kappa shape index (κ2) is 8.46. The van der Waals surface area contributed by atoms with E-state index in [-0.39, 0.29) is 0 Å². The lowest BCUT2D eigenvalue weighted by atomic mass is 9.96. The Kier molecular flexibility index (Phi) is 6.06. The van der Waals surface area contributed by atoms with Crippen molar-refractivity contribution in [3.8, 4) is 6.01 Å². The fraction of sp³-hybridized carbons (Fsp3) is 0.471. The van der Waals surface area contributed by atoms with E-state index in [1.165, 1.54) is 22.8 Å². The van der Waals surface area contributed by atoms with Crippen molar-refractivity contribution in [3.05, 3.63) is 27.8 Å². The molecule has 1 aliphatic rings. The highest BCUT2D eigenvalue weighted by atomic mass is 127. The smallest absolute Gasteiger partial charge is 0.323 e. The number of nitrogens with zero attached hydrogens (tertiary/aromatic N) is 3. The van der Waals surface area contributed by atoms with E-state index < -0.39 is 0 Å². The second-order valence-electron chi connectivity index (χ2n) is 5.81. The first kappa shape index (κ1) is 17.2. The van der Waals surface area contributed by atoms with Gasteiger partial charge < -0.3 is 15.4 Å². The molecule has 1 aromatic heterocycles. The highest BCUT2D eigenvalue weighted by molar-refractivity contribution is 14.1. The van der Waals surface area contributed by atoms with Crippen LogP contribution in [-0.2, 0) is 0 Å². The zero-order valence-electron chi connectivity index (χ0n) is 13.8. The van der Waals surface area contributed by atoms with Crippen molar-refractivity contribution >= 4 is 40.2 Å². The number of ether oxygens (including phenoxy) is 1.